The number of hydrogen-bond donors (Lipinski definition) is 0. The molecule has 0 aromatic heterocycles. The molecule has 138 valence electrons. The molecular formula is C9Cl3F11Si. The minimum atomic E-state index is -6.80. The van der Waals surface area contributed by atoms with Crippen molar-refractivity contribution in [3.8, 4) is 0 Å². The summed E-state index contributed by atoms with van der Waals surface area (Å²) in [5, 5.41) is 0. The van der Waals surface area contributed by atoms with Gasteiger partial charge in [-0.2, -0.15) is 26.3 Å². The van der Waals surface area contributed by atoms with Crippen LogP contribution in [-0.4, -0.2) is 17.5 Å². The van der Waals surface area contributed by atoms with Gasteiger partial charge in [-0.15, -0.1) is 33.2 Å². The maximum atomic E-state index is 13.7. The summed E-state index contributed by atoms with van der Waals surface area (Å²) in [4.78, 5) is 0. The lowest BCUT2D eigenvalue weighted by Gasteiger charge is -2.35. The second kappa shape index (κ2) is 6.06. The van der Waals surface area contributed by atoms with Crippen molar-refractivity contribution in [2.45, 2.75) is 17.4 Å². The fourth-order valence-corrected chi connectivity index (χ4v) is 2.99. The Morgan fingerprint density at radius 2 is 0.875 bits per heavy atom. The van der Waals surface area contributed by atoms with Gasteiger partial charge in [-0.05, 0) is 0 Å². The van der Waals surface area contributed by atoms with E-state index in [-0.39, 0.29) is 0 Å². The predicted molar refractivity (Wildman–Crippen MR) is 63.3 cm³/mol. The van der Waals surface area contributed by atoms with E-state index in [9.17, 15) is 48.3 Å². The Kier molecular flexibility index (Phi) is 5.45. The van der Waals surface area contributed by atoms with Crippen LogP contribution in [0, 0.1) is 29.1 Å². The lowest BCUT2D eigenvalue weighted by atomic mass is 10.00. The van der Waals surface area contributed by atoms with Gasteiger partial charge in [0.2, 0.25) is 5.82 Å². The summed E-state index contributed by atoms with van der Waals surface area (Å²) >= 11 is 13.7. The smallest absolute Gasteiger partial charge is 0.203 e. The van der Waals surface area contributed by atoms with E-state index >= 15 is 0 Å². The highest BCUT2D eigenvalue weighted by molar-refractivity contribution is 7.65. The van der Waals surface area contributed by atoms with E-state index in [0.29, 0.717) is 0 Å². The van der Waals surface area contributed by atoms with Gasteiger partial charge in [-0.1, -0.05) is 0 Å². The van der Waals surface area contributed by atoms with Gasteiger partial charge < -0.3 is 0 Å². The van der Waals surface area contributed by atoms with Crippen molar-refractivity contribution in [2.75, 3.05) is 0 Å². The fraction of sp³-hybridized carbons (Fsp3) is 0.333. The molecule has 1 rings (SSSR count). The van der Waals surface area contributed by atoms with E-state index < -0.39 is 58.0 Å². The molecule has 0 saturated heterocycles. The molecule has 0 N–H and O–H groups in total. The largest absolute Gasteiger partial charge is 0.424 e. The van der Waals surface area contributed by atoms with Crippen molar-refractivity contribution < 1.29 is 48.3 Å². The maximum absolute atomic E-state index is 13.7. The normalized spacial score (nSPS) is 14.2. The van der Waals surface area contributed by atoms with E-state index in [0.717, 1.165) is 0 Å². The predicted octanol–water partition coefficient (Wildman–Crippen LogP) is 5.94. The van der Waals surface area contributed by atoms with Crippen molar-refractivity contribution in [1.82, 2.24) is 0 Å². The van der Waals surface area contributed by atoms with Gasteiger partial charge in [0, 0.05) is 0 Å². The van der Waals surface area contributed by atoms with Gasteiger partial charge in [0.25, 0.3) is 0 Å². The Balaban J connectivity index is 3.80. The monoisotopic (exact) mass is 450 g/mol. The summed E-state index contributed by atoms with van der Waals surface area (Å²) in [5.74, 6) is -29.3. The first-order valence-electron chi connectivity index (χ1n) is 5.15. The quantitative estimate of drug-likeness (QED) is 0.175. The number of benzene rings is 1. The summed E-state index contributed by atoms with van der Waals surface area (Å²) in [6.07, 6.45) is 0. The summed E-state index contributed by atoms with van der Waals surface area (Å²) in [7, 11) is 0. The molecular weight excluding hydrogens is 452 g/mol. The van der Waals surface area contributed by atoms with Crippen LogP contribution in [0.15, 0.2) is 0 Å². The third-order valence-corrected chi connectivity index (χ3v) is 5.83. The van der Waals surface area contributed by atoms with Gasteiger partial charge in [0.05, 0.1) is 0 Å². The first kappa shape index (κ1) is 21.6. The average Bonchev–Trinajstić information content (AvgIpc) is 2.41. The van der Waals surface area contributed by atoms with Gasteiger partial charge in [0.1, 0.15) is 5.56 Å². The van der Waals surface area contributed by atoms with Gasteiger partial charge >= 0.3 is 23.4 Å². The summed E-state index contributed by atoms with van der Waals surface area (Å²) in [5.41, 5.74) is -9.61. The molecule has 0 spiro atoms. The van der Waals surface area contributed by atoms with Crippen LogP contribution in [0.25, 0.3) is 0 Å². The molecule has 0 amide bonds. The Morgan fingerprint density at radius 1 is 0.583 bits per heavy atom. The SMILES string of the molecule is Fc1c(F)c(F)c(C(F)(F)C(F)(F)C(F)(F)[Si](Cl)(Cl)Cl)c(F)c1F. The molecule has 0 unspecified atom stereocenters. The van der Waals surface area contributed by atoms with E-state index in [1.807, 2.05) is 0 Å². The minimum Gasteiger partial charge on any atom is -0.203 e. The first-order chi connectivity index (χ1) is 10.4. The molecule has 1 aromatic rings. The highest BCUT2D eigenvalue weighted by Gasteiger charge is 2.80. The Hall–Kier alpha value is -0.463. The Morgan fingerprint density at radius 3 is 1.17 bits per heavy atom. The fourth-order valence-electron chi connectivity index (χ4n) is 1.41. The zero-order chi connectivity index (χ0) is 19.5. The molecule has 1 aromatic carbocycles. The summed E-state index contributed by atoms with van der Waals surface area (Å²) < 4.78 is 146. The maximum Gasteiger partial charge on any atom is 0.424 e. The summed E-state index contributed by atoms with van der Waals surface area (Å²) in [6, 6.07) is -5.99. The molecule has 0 aliphatic carbocycles. The number of hydrogen-bond acceptors (Lipinski definition) is 0. The van der Waals surface area contributed by atoms with Crippen molar-refractivity contribution >= 4 is 39.2 Å². The van der Waals surface area contributed by atoms with Crippen LogP contribution in [-0.2, 0) is 5.92 Å². The molecule has 0 heterocycles. The highest BCUT2D eigenvalue weighted by atomic mass is 35.8. The average molecular weight is 452 g/mol. The minimum absolute atomic E-state index is 2.96. The van der Waals surface area contributed by atoms with Crippen LogP contribution in [0.5, 0.6) is 0 Å². The molecule has 0 fully saturated rings. The van der Waals surface area contributed by atoms with Gasteiger partial charge in [0.15, 0.2) is 23.3 Å². The van der Waals surface area contributed by atoms with E-state index in [1.54, 1.807) is 0 Å². The van der Waals surface area contributed by atoms with Crippen LogP contribution < -0.4 is 0 Å². The lowest BCUT2D eigenvalue weighted by molar-refractivity contribution is -0.289. The van der Waals surface area contributed by atoms with Crippen molar-refractivity contribution in [3.05, 3.63) is 34.6 Å². The number of alkyl halides is 6. The second-order valence-corrected chi connectivity index (χ2v) is 12.6. The molecule has 0 bridgehead atoms. The topological polar surface area (TPSA) is 0 Å². The van der Waals surface area contributed by atoms with Crippen molar-refractivity contribution in [3.63, 3.8) is 0 Å². The first-order valence-corrected chi connectivity index (χ1v) is 10.2. The van der Waals surface area contributed by atoms with Crippen LogP contribution in [0.2, 0.25) is 0 Å². The highest BCUT2D eigenvalue weighted by Crippen LogP contribution is 2.57. The summed E-state index contributed by atoms with van der Waals surface area (Å²) in [6.45, 7) is 0. The molecule has 0 atom stereocenters. The molecule has 24 heavy (non-hydrogen) atoms. The Labute approximate surface area is 140 Å². The van der Waals surface area contributed by atoms with Gasteiger partial charge in [-0.25, -0.2) is 22.0 Å². The third kappa shape index (κ3) is 2.84. The van der Waals surface area contributed by atoms with E-state index in [1.165, 1.54) is 0 Å². The number of halogens is 14. The Bertz CT molecular complexity index is 641. The molecule has 0 radical (unpaired) electrons. The molecule has 0 saturated carbocycles. The molecule has 0 aliphatic rings. The van der Waals surface area contributed by atoms with Crippen LogP contribution in [0.3, 0.4) is 0 Å². The standard InChI is InChI=1S/C9Cl3F11Si/c10-24(11,12)9(22,23)8(20,21)7(18,19)1-2(13)4(15)6(17)5(16)3(1)14. The third-order valence-electron chi connectivity index (χ3n) is 2.67. The van der Waals surface area contributed by atoms with E-state index in [2.05, 4.69) is 33.2 Å². The van der Waals surface area contributed by atoms with Crippen LogP contribution in [0.4, 0.5) is 48.3 Å². The second-order valence-electron chi connectivity index (χ2n) is 4.17. The zero-order valence-electron chi connectivity index (χ0n) is 10.3. The van der Waals surface area contributed by atoms with Crippen molar-refractivity contribution in [1.29, 1.82) is 0 Å². The number of rotatable bonds is 4. The lowest BCUT2D eigenvalue weighted by Crippen LogP contribution is -2.61. The molecule has 15 heteroatoms. The van der Waals surface area contributed by atoms with Crippen molar-refractivity contribution in [2.24, 2.45) is 0 Å². The van der Waals surface area contributed by atoms with Crippen LogP contribution in [0.1, 0.15) is 5.56 Å². The molecule has 0 nitrogen and oxygen atoms in total. The van der Waals surface area contributed by atoms with E-state index in [4.69, 9.17) is 0 Å². The molecule has 0 aliphatic heterocycles. The van der Waals surface area contributed by atoms with Gasteiger partial charge in [-0.3, -0.25) is 0 Å². The zero-order valence-corrected chi connectivity index (χ0v) is 13.6. The van der Waals surface area contributed by atoms with Crippen LogP contribution >= 0.6 is 33.2 Å².